The molecule has 1 aliphatic heterocycles. The van der Waals surface area contributed by atoms with Gasteiger partial charge in [0.05, 0.1) is 5.56 Å². The molecule has 2 heterocycles. The second kappa shape index (κ2) is 5.88. The van der Waals surface area contributed by atoms with Gasteiger partial charge in [0.25, 0.3) is 5.24 Å². The van der Waals surface area contributed by atoms with Crippen molar-refractivity contribution < 1.29 is 9.53 Å². The van der Waals surface area contributed by atoms with Gasteiger partial charge in [-0.3, -0.25) is 4.79 Å². The highest BCUT2D eigenvalue weighted by Crippen LogP contribution is 2.40. The van der Waals surface area contributed by atoms with E-state index in [-0.39, 0.29) is 5.41 Å². The third kappa shape index (κ3) is 2.90. The number of methoxy groups -OCH3 is 1. The molecule has 1 aromatic heterocycles. The average Bonchev–Trinajstić information content (AvgIpc) is 2.38. The van der Waals surface area contributed by atoms with Crippen molar-refractivity contribution in [2.24, 2.45) is 5.41 Å². The van der Waals surface area contributed by atoms with Crippen LogP contribution in [0.25, 0.3) is 0 Å². The smallest absolute Gasteiger partial charge is 0.256 e. The summed E-state index contributed by atoms with van der Waals surface area (Å²) in [4.78, 5) is 17.8. The first-order valence-electron chi connectivity index (χ1n) is 6.50. The molecule has 4 nitrogen and oxygen atoms in total. The summed E-state index contributed by atoms with van der Waals surface area (Å²) in [5.74, 6) is 0.698. The minimum absolute atomic E-state index is 0.278. The zero-order valence-electron chi connectivity index (χ0n) is 11.4. The molecule has 5 heteroatoms. The highest BCUT2D eigenvalue weighted by molar-refractivity contribution is 6.68. The molecule has 1 aliphatic rings. The Morgan fingerprint density at radius 3 is 2.89 bits per heavy atom. The zero-order chi connectivity index (χ0) is 13.9. The van der Waals surface area contributed by atoms with Crippen LogP contribution < -0.4 is 4.90 Å². The normalized spacial score (nSPS) is 17.1. The van der Waals surface area contributed by atoms with Crippen molar-refractivity contribution in [1.82, 2.24) is 4.98 Å². The van der Waals surface area contributed by atoms with Crippen molar-refractivity contribution in [3.8, 4) is 0 Å². The van der Waals surface area contributed by atoms with E-state index in [0.29, 0.717) is 11.4 Å². The van der Waals surface area contributed by atoms with Gasteiger partial charge in [0.2, 0.25) is 0 Å². The molecule has 0 radical (unpaired) electrons. The number of carbonyl (C=O) groups is 1. The molecule has 0 bridgehead atoms. The van der Waals surface area contributed by atoms with E-state index in [9.17, 15) is 4.79 Å². The number of halogens is 1. The van der Waals surface area contributed by atoms with Crippen LogP contribution in [0, 0.1) is 5.41 Å². The van der Waals surface area contributed by atoms with Gasteiger partial charge in [-0.25, -0.2) is 4.98 Å². The van der Waals surface area contributed by atoms with Crippen LogP contribution in [0.4, 0.5) is 5.82 Å². The Hall–Kier alpha value is -1.13. The van der Waals surface area contributed by atoms with Crippen LogP contribution in [0.1, 0.15) is 30.1 Å². The number of aromatic nitrogens is 1. The quantitative estimate of drug-likeness (QED) is 0.753. The maximum atomic E-state index is 11.4. The van der Waals surface area contributed by atoms with E-state index < -0.39 is 5.24 Å². The van der Waals surface area contributed by atoms with Gasteiger partial charge in [-0.05, 0) is 36.6 Å². The highest BCUT2D eigenvalue weighted by Gasteiger charge is 2.42. The SMILES string of the molecule is CCC1(CCOC)CN(c2ncccc2C(=O)Cl)C1. The molecule has 0 atom stereocenters. The molecule has 0 unspecified atom stereocenters. The average molecular weight is 283 g/mol. The van der Waals surface area contributed by atoms with Gasteiger partial charge in [0.15, 0.2) is 0 Å². The lowest BCUT2D eigenvalue weighted by atomic mass is 9.74. The van der Waals surface area contributed by atoms with Crippen LogP contribution in [0.15, 0.2) is 18.3 Å². The Labute approximate surface area is 118 Å². The number of carbonyl (C=O) groups excluding carboxylic acids is 1. The van der Waals surface area contributed by atoms with Gasteiger partial charge in [-0.1, -0.05) is 6.92 Å². The molecule has 1 aromatic rings. The maximum absolute atomic E-state index is 11.4. The first kappa shape index (κ1) is 14.3. The van der Waals surface area contributed by atoms with Crippen molar-refractivity contribution in [2.45, 2.75) is 19.8 Å². The monoisotopic (exact) mass is 282 g/mol. The molecule has 0 saturated carbocycles. The predicted octanol–water partition coefficient (Wildman–Crippen LogP) is 2.71. The van der Waals surface area contributed by atoms with Gasteiger partial charge in [-0.2, -0.15) is 0 Å². The number of rotatable bonds is 6. The Balaban J connectivity index is 2.09. The fraction of sp³-hybridized carbons (Fsp3) is 0.571. The summed E-state index contributed by atoms with van der Waals surface area (Å²) in [5.41, 5.74) is 0.765. The summed E-state index contributed by atoms with van der Waals surface area (Å²) < 4.78 is 5.17. The molecule has 19 heavy (non-hydrogen) atoms. The predicted molar refractivity (Wildman–Crippen MR) is 75.9 cm³/mol. The standard InChI is InChI=1S/C14H19ClN2O2/c1-3-14(6-8-19-2)9-17(10-14)13-11(12(15)18)5-4-7-16-13/h4-5,7H,3,6,8-10H2,1-2H3. The number of ether oxygens (including phenoxy) is 1. The number of hydrogen-bond acceptors (Lipinski definition) is 4. The van der Waals surface area contributed by atoms with Gasteiger partial charge in [0.1, 0.15) is 5.82 Å². The van der Waals surface area contributed by atoms with E-state index in [0.717, 1.165) is 32.5 Å². The van der Waals surface area contributed by atoms with Crippen molar-refractivity contribution in [2.75, 3.05) is 31.7 Å². The second-order valence-corrected chi connectivity index (χ2v) is 5.44. The summed E-state index contributed by atoms with van der Waals surface area (Å²) in [6.45, 7) is 4.77. The summed E-state index contributed by atoms with van der Waals surface area (Å²) in [6.07, 6.45) is 3.83. The largest absolute Gasteiger partial charge is 0.385 e. The maximum Gasteiger partial charge on any atom is 0.256 e. The summed E-state index contributed by atoms with van der Waals surface area (Å²) >= 11 is 5.60. The Morgan fingerprint density at radius 2 is 2.32 bits per heavy atom. The van der Waals surface area contributed by atoms with Gasteiger partial charge in [-0.15, -0.1) is 0 Å². The summed E-state index contributed by atoms with van der Waals surface area (Å²) in [5, 5.41) is -0.450. The lowest BCUT2D eigenvalue weighted by molar-refractivity contribution is 0.104. The molecule has 0 aromatic carbocycles. The molecule has 0 amide bonds. The molecule has 0 N–H and O–H groups in total. The van der Waals surface area contributed by atoms with E-state index in [2.05, 4.69) is 16.8 Å². The molecule has 0 aliphatic carbocycles. The highest BCUT2D eigenvalue weighted by atomic mass is 35.5. The van der Waals surface area contributed by atoms with Crippen molar-refractivity contribution in [3.05, 3.63) is 23.9 Å². The fourth-order valence-corrected chi connectivity index (χ4v) is 2.74. The van der Waals surface area contributed by atoms with Crippen LogP contribution in [-0.2, 0) is 4.74 Å². The minimum atomic E-state index is -0.450. The Morgan fingerprint density at radius 1 is 1.58 bits per heavy atom. The number of pyridine rings is 1. The number of hydrogen-bond donors (Lipinski definition) is 0. The van der Waals surface area contributed by atoms with Crippen LogP contribution >= 0.6 is 11.6 Å². The first-order valence-corrected chi connectivity index (χ1v) is 6.88. The van der Waals surface area contributed by atoms with Crippen LogP contribution in [0.3, 0.4) is 0 Å². The molecule has 104 valence electrons. The van der Waals surface area contributed by atoms with E-state index in [1.54, 1.807) is 25.4 Å². The first-order chi connectivity index (χ1) is 9.12. The fourth-order valence-electron chi connectivity index (χ4n) is 2.59. The lowest BCUT2D eigenvalue weighted by Crippen LogP contribution is -2.57. The van der Waals surface area contributed by atoms with E-state index >= 15 is 0 Å². The number of nitrogens with zero attached hydrogens (tertiary/aromatic N) is 2. The third-order valence-corrected chi connectivity index (χ3v) is 4.14. The topological polar surface area (TPSA) is 42.4 Å². The van der Waals surface area contributed by atoms with Gasteiger partial charge in [0, 0.05) is 38.4 Å². The second-order valence-electron chi connectivity index (χ2n) is 5.10. The molecule has 1 saturated heterocycles. The summed E-state index contributed by atoms with van der Waals surface area (Å²) in [6, 6.07) is 3.45. The molecular formula is C14H19ClN2O2. The van der Waals surface area contributed by atoms with Gasteiger partial charge < -0.3 is 9.64 Å². The van der Waals surface area contributed by atoms with Crippen LogP contribution in [0.5, 0.6) is 0 Å². The lowest BCUT2D eigenvalue weighted by Gasteiger charge is -2.51. The molecule has 2 rings (SSSR count). The van der Waals surface area contributed by atoms with E-state index in [4.69, 9.17) is 16.3 Å². The van der Waals surface area contributed by atoms with Crippen molar-refractivity contribution in [3.63, 3.8) is 0 Å². The molecular weight excluding hydrogens is 264 g/mol. The molecule has 0 spiro atoms. The Bertz CT molecular complexity index is 459. The number of anilines is 1. The van der Waals surface area contributed by atoms with Crippen molar-refractivity contribution >= 4 is 22.7 Å². The Kier molecular flexibility index (Phi) is 4.42. The van der Waals surface area contributed by atoms with Crippen LogP contribution in [-0.4, -0.2) is 37.0 Å². The third-order valence-electron chi connectivity index (χ3n) is 3.94. The molecule has 1 fully saturated rings. The zero-order valence-corrected chi connectivity index (χ0v) is 12.1. The van der Waals surface area contributed by atoms with Crippen molar-refractivity contribution in [1.29, 1.82) is 0 Å². The van der Waals surface area contributed by atoms with E-state index in [1.807, 2.05) is 0 Å². The minimum Gasteiger partial charge on any atom is -0.385 e. The van der Waals surface area contributed by atoms with Crippen LogP contribution in [0.2, 0.25) is 0 Å². The van der Waals surface area contributed by atoms with E-state index in [1.165, 1.54) is 0 Å². The summed E-state index contributed by atoms with van der Waals surface area (Å²) in [7, 11) is 1.73. The van der Waals surface area contributed by atoms with Gasteiger partial charge >= 0.3 is 0 Å².